The van der Waals surface area contributed by atoms with Gasteiger partial charge in [-0.25, -0.2) is 0 Å². The Kier molecular flexibility index (Phi) is 2.98. The molecule has 4 heteroatoms. The zero-order valence-electron chi connectivity index (χ0n) is 10.3. The third kappa shape index (κ3) is 1.96. The normalized spacial score (nSPS) is 34.9. The SMILES string of the molecule is CC1=CC2CC1C(C(=O)O)C2C(=O)OC(C)C. The lowest BCUT2D eigenvalue weighted by atomic mass is 9.80. The first kappa shape index (κ1) is 12.1. The molecule has 4 unspecified atom stereocenters. The van der Waals surface area contributed by atoms with E-state index in [0.717, 1.165) is 12.0 Å². The van der Waals surface area contributed by atoms with Crippen molar-refractivity contribution in [2.24, 2.45) is 23.7 Å². The summed E-state index contributed by atoms with van der Waals surface area (Å²) >= 11 is 0. The van der Waals surface area contributed by atoms with Crippen molar-refractivity contribution < 1.29 is 19.4 Å². The number of aliphatic carboxylic acids is 1. The van der Waals surface area contributed by atoms with Crippen LogP contribution in [0.15, 0.2) is 11.6 Å². The summed E-state index contributed by atoms with van der Waals surface area (Å²) in [5, 5.41) is 9.27. The Morgan fingerprint density at radius 1 is 1.41 bits per heavy atom. The number of carboxylic acid groups (broad SMARTS) is 1. The fourth-order valence-corrected chi connectivity index (χ4v) is 3.16. The first-order valence-electron chi connectivity index (χ1n) is 6.03. The number of rotatable bonds is 3. The Bertz CT molecular complexity index is 383. The molecule has 1 fully saturated rings. The van der Waals surface area contributed by atoms with E-state index in [2.05, 4.69) is 0 Å². The van der Waals surface area contributed by atoms with E-state index in [0.29, 0.717) is 0 Å². The molecule has 0 radical (unpaired) electrons. The van der Waals surface area contributed by atoms with Crippen LogP contribution in [0.3, 0.4) is 0 Å². The minimum absolute atomic E-state index is 0.0159. The van der Waals surface area contributed by atoms with Gasteiger partial charge in [0.1, 0.15) is 0 Å². The number of esters is 1. The predicted molar refractivity (Wildman–Crippen MR) is 61.2 cm³/mol. The van der Waals surface area contributed by atoms with Crippen LogP contribution in [0.1, 0.15) is 27.2 Å². The van der Waals surface area contributed by atoms with Gasteiger partial charge < -0.3 is 9.84 Å². The molecule has 2 aliphatic rings. The van der Waals surface area contributed by atoms with Crippen LogP contribution in [0.4, 0.5) is 0 Å². The van der Waals surface area contributed by atoms with Gasteiger partial charge in [0.15, 0.2) is 0 Å². The Balaban J connectivity index is 2.22. The molecule has 2 bridgehead atoms. The minimum Gasteiger partial charge on any atom is -0.481 e. The summed E-state index contributed by atoms with van der Waals surface area (Å²) < 4.78 is 5.17. The van der Waals surface area contributed by atoms with Gasteiger partial charge in [-0.3, -0.25) is 9.59 Å². The summed E-state index contributed by atoms with van der Waals surface area (Å²) in [5.74, 6) is -2.27. The van der Waals surface area contributed by atoms with E-state index < -0.39 is 17.8 Å². The molecule has 1 saturated carbocycles. The van der Waals surface area contributed by atoms with E-state index in [-0.39, 0.29) is 23.9 Å². The smallest absolute Gasteiger partial charge is 0.310 e. The van der Waals surface area contributed by atoms with Crippen molar-refractivity contribution in [2.75, 3.05) is 0 Å². The van der Waals surface area contributed by atoms with Crippen molar-refractivity contribution in [3.8, 4) is 0 Å². The van der Waals surface area contributed by atoms with Crippen molar-refractivity contribution in [3.63, 3.8) is 0 Å². The molecule has 0 spiro atoms. The highest BCUT2D eigenvalue weighted by atomic mass is 16.5. The average molecular weight is 238 g/mol. The van der Waals surface area contributed by atoms with Crippen LogP contribution in [-0.2, 0) is 14.3 Å². The maximum Gasteiger partial charge on any atom is 0.310 e. The molecule has 4 atom stereocenters. The van der Waals surface area contributed by atoms with E-state index in [1.165, 1.54) is 0 Å². The molecular formula is C13H18O4. The largest absolute Gasteiger partial charge is 0.481 e. The molecular weight excluding hydrogens is 220 g/mol. The van der Waals surface area contributed by atoms with Crippen LogP contribution in [-0.4, -0.2) is 23.1 Å². The zero-order chi connectivity index (χ0) is 12.7. The molecule has 1 N–H and O–H groups in total. The lowest BCUT2D eigenvalue weighted by Crippen LogP contribution is -2.36. The molecule has 0 heterocycles. The van der Waals surface area contributed by atoms with Crippen LogP contribution >= 0.6 is 0 Å². The van der Waals surface area contributed by atoms with Gasteiger partial charge in [0.05, 0.1) is 17.9 Å². The first-order valence-corrected chi connectivity index (χ1v) is 6.03. The number of hydrogen-bond acceptors (Lipinski definition) is 3. The maximum atomic E-state index is 12.0. The standard InChI is InChI=1S/C13H18O4/c1-6(2)17-13(16)10-8-4-7(3)9(5-8)11(10)12(14)15/h4,6,8-11H,5H2,1-3H3,(H,14,15). The molecule has 0 aromatic rings. The van der Waals surface area contributed by atoms with Crippen molar-refractivity contribution in [1.82, 2.24) is 0 Å². The quantitative estimate of drug-likeness (QED) is 0.602. The summed E-state index contributed by atoms with van der Waals surface area (Å²) in [6, 6.07) is 0. The van der Waals surface area contributed by atoms with Gasteiger partial charge in [-0.05, 0) is 39.0 Å². The van der Waals surface area contributed by atoms with Gasteiger partial charge in [-0.2, -0.15) is 0 Å². The third-order valence-corrected chi connectivity index (χ3v) is 3.78. The van der Waals surface area contributed by atoms with Gasteiger partial charge in [0, 0.05) is 0 Å². The number of ether oxygens (including phenoxy) is 1. The average Bonchev–Trinajstić information content (AvgIpc) is 2.71. The van der Waals surface area contributed by atoms with E-state index in [1.54, 1.807) is 13.8 Å². The molecule has 0 aromatic heterocycles. The number of allylic oxidation sites excluding steroid dienone is 2. The van der Waals surface area contributed by atoms with Crippen molar-refractivity contribution in [2.45, 2.75) is 33.3 Å². The first-order chi connectivity index (χ1) is 7.91. The van der Waals surface area contributed by atoms with Gasteiger partial charge in [0.2, 0.25) is 0 Å². The number of carbonyl (C=O) groups is 2. The van der Waals surface area contributed by atoms with Gasteiger partial charge in [-0.1, -0.05) is 11.6 Å². The number of carbonyl (C=O) groups excluding carboxylic acids is 1. The fraction of sp³-hybridized carbons (Fsp3) is 0.692. The van der Waals surface area contributed by atoms with E-state index in [4.69, 9.17) is 4.74 Å². The van der Waals surface area contributed by atoms with Crippen LogP contribution in [0.5, 0.6) is 0 Å². The van der Waals surface area contributed by atoms with Crippen molar-refractivity contribution in [1.29, 1.82) is 0 Å². The Labute approximate surface area is 101 Å². The van der Waals surface area contributed by atoms with Gasteiger partial charge in [-0.15, -0.1) is 0 Å². The second-order valence-corrected chi connectivity index (χ2v) is 5.29. The highest BCUT2D eigenvalue weighted by molar-refractivity contribution is 5.83. The lowest BCUT2D eigenvalue weighted by Gasteiger charge is -2.26. The summed E-state index contributed by atoms with van der Waals surface area (Å²) in [5.41, 5.74) is 1.11. The van der Waals surface area contributed by atoms with E-state index in [1.807, 2.05) is 13.0 Å². The highest BCUT2D eigenvalue weighted by Crippen LogP contribution is 2.52. The summed E-state index contributed by atoms with van der Waals surface area (Å²) in [4.78, 5) is 23.3. The molecule has 2 rings (SSSR count). The molecule has 2 aliphatic carbocycles. The Morgan fingerprint density at radius 2 is 2.06 bits per heavy atom. The van der Waals surface area contributed by atoms with Gasteiger partial charge in [0.25, 0.3) is 0 Å². The topological polar surface area (TPSA) is 63.6 Å². The minimum atomic E-state index is -0.879. The van der Waals surface area contributed by atoms with Crippen LogP contribution in [0, 0.1) is 23.7 Å². The second kappa shape index (κ2) is 4.17. The zero-order valence-corrected chi connectivity index (χ0v) is 10.3. The van der Waals surface area contributed by atoms with Gasteiger partial charge >= 0.3 is 11.9 Å². The Morgan fingerprint density at radius 3 is 2.59 bits per heavy atom. The monoisotopic (exact) mass is 238 g/mol. The molecule has 17 heavy (non-hydrogen) atoms. The summed E-state index contributed by atoms with van der Waals surface area (Å²) in [7, 11) is 0. The number of hydrogen-bond donors (Lipinski definition) is 1. The molecule has 0 aliphatic heterocycles. The Hall–Kier alpha value is -1.32. The van der Waals surface area contributed by atoms with Crippen LogP contribution in [0.25, 0.3) is 0 Å². The molecule has 0 amide bonds. The van der Waals surface area contributed by atoms with Crippen LogP contribution in [0.2, 0.25) is 0 Å². The van der Waals surface area contributed by atoms with Crippen molar-refractivity contribution >= 4 is 11.9 Å². The molecule has 0 aromatic carbocycles. The molecule has 94 valence electrons. The lowest BCUT2D eigenvalue weighted by molar-refractivity contribution is -0.161. The maximum absolute atomic E-state index is 12.0. The highest BCUT2D eigenvalue weighted by Gasteiger charge is 2.54. The number of fused-ring (bicyclic) bond motifs is 2. The summed E-state index contributed by atoms with van der Waals surface area (Å²) in [6.07, 6.45) is 2.62. The van der Waals surface area contributed by atoms with E-state index >= 15 is 0 Å². The predicted octanol–water partition coefficient (Wildman–Crippen LogP) is 1.85. The third-order valence-electron chi connectivity index (χ3n) is 3.78. The van der Waals surface area contributed by atoms with E-state index in [9.17, 15) is 14.7 Å². The number of carboxylic acids is 1. The molecule has 0 saturated heterocycles. The molecule has 4 nitrogen and oxygen atoms in total. The second-order valence-electron chi connectivity index (χ2n) is 5.29. The van der Waals surface area contributed by atoms with Crippen molar-refractivity contribution in [3.05, 3.63) is 11.6 Å². The van der Waals surface area contributed by atoms with Crippen LogP contribution < -0.4 is 0 Å². The summed E-state index contributed by atoms with van der Waals surface area (Å²) in [6.45, 7) is 5.51. The fourth-order valence-electron chi connectivity index (χ4n) is 3.16.